The molecule has 0 radical (unpaired) electrons. The van der Waals surface area contributed by atoms with Crippen LogP contribution in [0.3, 0.4) is 0 Å². The van der Waals surface area contributed by atoms with E-state index in [1.165, 1.54) is 0 Å². The molecule has 1 amide bonds. The van der Waals surface area contributed by atoms with Gasteiger partial charge in [-0.2, -0.15) is 0 Å². The Hall–Kier alpha value is -1.35. The highest BCUT2D eigenvalue weighted by molar-refractivity contribution is 7.92. The SMILES string of the molecule is CCS(=O)(=O)Nc1ccccc1C(=O)NCCN1CCNCC1.Cl. The summed E-state index contributed by atoms with van der Waals surface area (Å²) in [5.74, 6) is -0.305. The van der Waals surface area contributed by atoms with Gasteiger partial charge in [-0.05, 0) is 19.1 Å². The molecule has 136 valence electrons. The van der Waals surface area contributed by atoms with Crippen LogP contribution in [-0.4, -0.2) is 64.2 Å². The molecule has 2 rings (SSSR count). The molecule has 1 fully saturated rings. The predicted octanol–water partition coefficient (Wildman–Crippen LogP) is 0.505. The van der Waals surface area contributed by atoms with Gasteiger partial charge in [0.05, 0.1) is 17.0 Å². The first-order valence-corrected chi connectivity index (χ1v) is 9.48. The molecule has 0 spiro atoms. The number of piperazine rings is 1. The number of carbonyl (C=O) groups is 1. The van der Waals surface area contributed by atoms with Crippen molar-refractivity contribution in [2.75, 3.05) is 49.7 Å². The van der Waals surface area contributed by atoms with Gasteiger partial charge in [0.2, 0.25) is 10.0 Å². The highest BCUT2D eigenvalue weighted by atomic mass is 35.5. The van der Waals surface area contributed by atoms with Crippen LogP contribution < -0.4 is 15.4 Å². The van der Waals surface area contributed by atoms with Crippen LogP contribution in [-0.2, 0) is 10.0 Å². The van der Waals surface area contributed by atoms with Crippen molar-refractivity contribution in [2.45, 2.75) is 6.92 Å². The number of anilines is 1. The number of halogens is 1. The number of rotatable bonds is 7. The van der Waals surface area contributed by atoms with E-state index in [-0.39, 0.29) is 24.1 Å². The van der Waals surface area contributed by atoms with E-state index in [4.69, 9.17) is 0 Å². The van der Waals surface area contributed by atoms with E-state index in [2.05, 4.69) is 20.3 Å². The Morgan fingerprint density at radius 3 is 2.58 bits per heavy atom. The first-order valence-electron chi connectivity index (χ1n) is 7.82. The summed E-state index contributed by atoms with van der Waals surface area (Å²) in [5.41, 5.74) is 0.652. The Bertz CT molecular complexity index is 633. The zero-order valence-electron chi connectivity index (χ0n) is 13.7. The number of nitrogens with zero attached hydrogens (tertiary/aromatic N) is 1. The molecule has 1 aliphatic rings. The lowest BCUT2D eigenvalue weighted by atomic mass is 10.1. The van der Waals surface area contributed by atoms with Crippen LogP contribution in [0.4, 0.5) is 5.69 Å². The number of carbonyl (C=O) groups excluding carboxylic acids is 1. The van der Waals surface area contributed by atoms with Crippen molar-refractivity contribution >= 4 is 34.0 Å². The van der Waals surface area contributed by atoms with Crippen LogP contribution in [0.1, 0.15) is 17.3 Å². The van der Waals surface area contributed by atoms with Gasteiger partial charge in [-0.3, -0.25) is 14.4 Å². The highest BCUT2D eigenvalue weighted by Gasteiger charge is 2.15. The predicted molar refractivity (Wildman–Crippen MR) is 98.4 cm³/mol. The average molecular weight is 377 g/mol. The number of sulfonamides is 1. The molecule has 9 heteroatoms. The average Bonchev–Trinajstić information content (AvgIpc) is 2.56. The molecule has 0 aliphatic carbocycles. The van der Waals surface area contributed by atoms with E-state index in [1.54, 1.807) is 31.2 Å². The summed E-state index contributed by atoms with van der Waals surface area (Å²) < 4.78 is 25.9. The molecular weight excluding hydrogens is 352 g/mol. The van der Waals surface area contributed by atoms with Crippen molar-refractivity contribution in [3.63, 3.8) is 0 Å². The van der Waals surface area contributed by atoms with E-state index in [9.17, 15) is 13.2 Å². The standard InChI is InChI=1S/C15H24N4O3S.ClH/c1-2-23(21,22)18-14-6-4-3-5-13(14)15(20)17-9-12-19-10-7-16-8-11-19;/h3-6,16,18H,2,7-12H2,1H3,(H,17,20);1H. The summed E-state index contributed by atoms with van der Waals surface area (Å²) in [7, 11) is -3.41. The maximum atomic E-state index is 12.3. The fourth-order valence-electron chi connectivity index (χ4n) is 2.37. The quantitative estimate of drug-likeness (QED) is 0.645. The van der Waals surface area contributed by atoms with Gasteiger partial charge in [0.25, 0.3) is 5.91 Å². The Morgan fingerprint density at radius 2 is 1.92 bits per heavy atom. The Kier molecular flexibility index (Phi) is 8.47. The van der Waals surface area contributed by atoms with Crippen LogP contribution in [0.25, 0.3) is 0 Å². The summed E-state index contributed by atoms with van der Waals surface area (Å²) in [6, 6.07) is 6.63. The molecule has 1 aromatic rings. The van der Waals surface area contributed by atoms with Crippen LogP contribution >= 0.6 is 12.4 Å². The van der Waals surface area contributed by atoms with Crippen LogP contribution in [0.5, 0.6) is 0 Å². The molecule has 7 nitrogen and oxygen atoms in total. The van der Waals surface area contributed by atoms with Crippen molar-refractivity contribution in [1.82, 2.24) is 15.5 Å². The molecule has 0 saturated carbocycles. The van der Waals surface area contributed by atoms with Gasteiger partial charge in [-0.1, -0.05) is 12.1 Å². The zero-order chi connectivity index (χ0) is 16.7. The number of nitrogens with one attached hydrogen (secondary N) is 3. The third-order valence-electron chi connectivity index (χ3n) is 3.74. The second kappa shape index (κ2) is 9.83. The lowest BCUT2D eigenvalue weighted by molar-refractivity contribution is 0.0948. The first kappa shape index (κ1) is 20.7. The number of para-hydroxylation sites is 1. The molecule has 1 aromatic carbocycles. The maximum Gasteiger partial charge on any atom is 0.253 e. The van der Waals surface area contributed by atoms with Crippen molar-refractivity contribution in [3.05, 3.63) is 29.8 Å². The molecule has 0 unspecified atom stereocenters. The fourth-order valence-corrected chi connectivity index (χ4v) is 3.02. The summed E-state index contributed by atoms with van der Waals surface area (Å²) in [6.45, 7) is 6.76. The van der Waals surface area contributed by atoms with E-state index in [0.717, 1.165) is 32.7 Å². The van der Waals surface area contributed by atoms with Gasteiger partial charge >= 0.3 is 0 Å². The van der Waals surface area contributed by atoms with Gasteiger partial charge in [0, 0.05) is 39.3 Å². The van der Waals surface area contributed by atoms with E-state index < -0.39 is 10.0 Å². The first-order chi connectivity index (χ1) is 11.0. The van der Waals surface area contributed by atoms with Crippen molar-refractivity contribution in [2.24, 2.45) is 0 Å². The Morgan fingerprint density at radius 1 is 1.25 bits per heavy atom. The van der Waals surface area contributed by atoms with Crippen LogP contribution in [0.15, 0.2) is 24.3 Å². The van der Waals surface area contributed by atoms with Crippen LogP contribution in [0.2, 0.25) is 0 Å². The van der Waals surface area contributed by atoms with Gasteiger partial charge in [0.15, 0.2) is 0 Å². The summed E-state index contributed by atoms with van der Waals surface area (Å²) in [4.78, 5) is 14.6. The third-order valence-corrected chi connectivity index (χ3v) is 5.03. The largest absolute Gasteiger partial charge is 0.351 e. The molecule has 0 aromatic heterocycles. The minimum Gasteiger partial charge on any atom is -0.351 e. The highest BCUT2D eigenvalue weighted by Crippen LogP contribution is 2.16. The third kappa shape index (κ3) is 6.27. The number of hydrogen-bond acceptors (Lipinski definition) is 5. The van der Waals surface area contributed by atoms with E-state index in [1.807, 2.05) is 0 Å². The normalized spacial score (nSPS) is 15.4. The molecular formula is C15H25ClN4O3S. The molecule has 1 saturated heterocycles. The second-order valence-electron chi connectivity index (χ2n) is 5.40. The topological polar surface area (TPSA) is 90.5 Å². The lowest BCUT2D eigenvalue weighted by Gasteiger charge is -2.27. The monoisotopic (exact) mass is 376 g/mol. The molecule has 1 heterocycles. The van der Waals surface area contributed by atoms with E-state index in [0.29, 0.717) is 17.8 Å². The summed E-state index contributed by atoms with van der Waals surface area (Å²) >= 11 is 0. The lowest BCUT2D eigenvalue weighted by Crippen LogP contribution is -2.46. The molecule has 3 N–H and O–H groups in total. The molecule has 0 bridgehead atoms. The second-order valence-corrected chi connectivity index (χ2v) is 7.41. The minimum absolute atomic E-state index is 0. The van der Waals surface area contributed by atoms with E-state index >= 15 is 0 Å². The summed E-state index contributed by atoms with van der Waals surface area (Å²) in [5, 5.41) is 6.13. The molecule has 0 atom stereocenters. The fraction of sp³-hybridized carbons (Fsp3) is 0.533. The van der Waals surface area contributed by atoms with Crippen molar-refractivity contribution in [3.8, 4) is 0 Å². The number of hydrogen-bond donors (Lipinski definition) is 3. The molecule has 24 heavy (non-hydrogen) atoms. The Balaban J connectivity index is 0.00000288. The van der Waals surface area contributed by atoms with Crippen molar-refractivity contribution in [1.29, 1.82) is 0 Å². The van der Waals surface area contributed by atoms with Gasteiger partial charge in [0.1, 0.15) is 0 Å². The molecule has 1 aliphatic heterocycles. The number of benzene rings is 1. The summed E-state index contributed by atoms with van der Waals surface area (Å²) in [6.07, 6.45) is 0. The smallest absolute Gasteiger partial charge is 0.253 e. The number of amides is 1. The van der Waals surface area contributed by atoms with Gasteiger partial charge in [-0.25, -0.2) is 8.42 Å². The van der Waals surface area contributed by atoms with Crippen LogP contribution in [0, 0.1) is 0 Å². The zero-order valence-corrected chi connectivity index (χ0v) is 15.4. The van der Waals surface area contributed by atoms with Gasteiger partial charge < -0.3 is 10.6 Å². The minimum atomic E-state index is -3.41. The Labute approximate surface area is 149 Å². The van der Waals surface area contributed by atoms with Crippen molar-refractivity contribution < 1.29 is 13.2 Å². The van der Waals surface area contributed by atoms with Gasteiger partial charge in [-0.15, -0.1) is 12.4 Å². The maximum absolute atomic E-state index is 12.3.